The van der Waals surface area contributed by atoms with Crippen LogP contribution in [0.4, 0.5) is 10.1 Å². The summed E-state index contributed by atoms with van der Waals surface area (Å²) in [6, 6.07) is 4.46. The highest BCUT2D eigenvalue weighted by Crippen LogP contribution is 2.38. The predicted octanol–water partition coefficient (Wildman–Crippen LogP) is 2.73. The second-order valence-electron chi connectivity index (χ2n) is 4.66. The Kier molecular flexibility index (Phi) is 3.66. The van der Waals surface area contributed by atoms with Gasteiger partial charge in [0.2, 0.25) is 0 Å². The predicted molar refractivity (Wildman–Crippen MR) is 73.7 cm³/mol. The van der Waals surface area contributed by atoms with Crippen LogP contribution in [0.2, 0.25) is 0 Å². The van der Waals surface area contributed by atoms with Crippen molar-refractivity contribution in [2.75, 3.05) is 18.0 Å². The molecule has 0 aromatic heterocycles. The molecule has 0 saturated carbocycles. The van der Waals surface area contributed by atoms with Crippen molar-refractivity contribution in [3.8, 4) is 0 Å². The van der Waals surface area contributed by atoms with E-state index in [0.29, 0.717) is 12.1 Å². The molecule has 0 amide bonds. The second-order valence-corrected chi connectivity index (χ2v) is 5.57. The fraction of sp³-hybridized carbons (Fsp3) is 0.500. The maximum absolute atomic E-state index is 13.8. The monoisotopic (exact) mass is 320 g/mol. The third-order valence-electron chi connectivity index (χ3n) is 3.54. The molecule has 2 aliphatic heterocycles. The third-order valence-corrected chi connectivity index (χ3v) is 4.00. The van der Waals surface area contributed by atoms with E-state index in [4.69, 9.17) is 0 Å². The summed E-state index contributed by atoms with van der Waals surface area (Å²) in [6.45, 7) is 4.12. The van der Waals surface area contributed by atoms with Crippen LogP contribution in [0.15, 0.2) is 16.6 Å². The third kappa shape index (κ3) is 2.07. The fourth-order valence-electron chi connectivity index (χ4n) is 2.88. The Morgan fingerprint density at radius 1 is 1.41 bits per heavy atom. The zero-order valence-corrected chi connectivity index (χ0v) is 11.9. The van der Waals surface area contributed by atoms with E-state index >= 15 is 0 Å². The minimum absolute atomic E-state index is 0. The van der Waals surface area contributed by atoms with E-state index in [0.717, 1.165) is 35.2 Å². The van der Waals surface area contributed by atoms with Gasteiger partial charge in [-0.3, -0.25) is 0 Å². The zero-order valence-electron chi connectivity index (χ0n) is 9.54. The first-order valence-corrected chi connectivity index (χ1v) is 6.43. The van der Waals surface area contributed by atoms with Gasteiger partial charge in [0, 0.05) is 40.9 Å². The van der Waals surface area contributed by atoms with E-state index in [1.807, 2.05) is 6.07 Å². The van der Waals surface area contributed by atoms with Gasteiger partial charge in [-0.2, -0.15) is 0 Å². The molecule has 0 spiro atoms. The Bertz CT molecular complexity index is 441. The molecule has 1 fully saturated rings. The number of nitrogens with zero attached hydrogens (tertiary/aromatic N) is 1. The topological polar surface area (TPSA) is 15.3 Å². The number of piperazine rings is 1. The average Bonchev–Trinajstić information content (AvgIpc) is 2.58. The highest BCUT2D eigenvalue weighted by molar-refractivity contribution is 9.10. The smallest absolute Gasteiger partial charge is 0.129 e. The maximum atomic E-state index is 13.8. The molecule has 0 radical (unpaired) electrons. The van der Waals surface area contributed by atoms with Crippen molar-refractivity contribution in [2.24, 2.45) is 0 Å². The molecule has 2 aliphatic rings. The zero-order chi connectivity index (χ0) is 11.3. The lowest BCUT2D eigenvalue weighted by atomic mass is 10.1. The molecule has 0 bridgehead atoms. The number of benzene rings is 1. The molecule has 3 rings (SSSR count). The van der Waals surface area contributed by atoms with Crippen molar-refractivity contribution >= 4 is 34.0 Å². The Morgan fingerprint density at radius 3 is 2.94 bits per heavy atom. The normalized spacial score (nSPS) is 26.2. The van der Waals surface area contributed by atoms with Crippen molar-refractivity contribution < 1.29 is 4.39 Å². The van der Waals surface area contributed by atoms with Gasteiger partial charge in [-0.25, -0.2) is 4.39 Å². The van der Waals surface area contributed by atoms with Gasteiger partial charge >= 0.3 is 0 Å². The first kappa shape index (κ1) is 13.1. The summed E-state index contributed by atoms with van der Waals surface area (Å²) >= 11 is 3.37. The number of nitrogens with one attached hydrogen (secondary N) is 1. The quantitative estimate of drug-likeness (QED) is 0.790. The molecular weight excluding hydrogens is 307 g/mol. The van der Waals surface area contributed by atoms with Crippen molar-refractivity contribution in [2.45, 2.75) is 25.4 Å². The molecule has 94 valence electrons. The number of anilines is 1. The van der Waals surface area contributed by atoms with Gasteiger partial charge in [-0.05, 0) is 25.5 Å². The van der Waals surface area contributed by atoms with E-state index in [1.54, 1.807) is 6.07 Å². The molecule has 1 unspecified atom stereocenters. The number of fused-ring (bicyclic) bond motifs is 3. The molecule has 5 heteroatoms. The van der Waals surface area contributed by atoms with Gasteiger partial charge < -0.3 is 10.2 Å². The minimum Gasteiger partial charge on any atom is -0.363 e. The van der Waals surface area contributed by atoms with Crippen molar-refractivity contribution in [3.05, 3.63) is 28.0 Å². The van der Waals surface area contributed by atoms with Crippen LogP contribution in [0.1, 0.15) is 12.5 Å². The lowest BCUT2D eigenvalue weighted by Gasteiger charge is -2.38. The summed E-state index contributed by atoms with van der Waals surface area (Å²) in [5.41, 5.74) is 1.95. The van der Waals surface area contributed by atoms with Gasteiger partial charge in [0.05, 0.1) is 0 Å². The Morgan fingerprint density at radius 2 is 2.18 bits per heavy atom. The van der Waals surface area contributed by atoms with Gasteiger partial charge in [-0.15, -0.1) is 12.4 Å². The van der Waals surface area contributed by atoms with Crippen molar-refractivity contribution in [1.82, 2.24) is 5.32 Å². The van der Waals surface area contributed by atoms with Gasteiger partial charge in [0.25, 0.3) is 0 Å². The van der Waals surface area contributed by atoms with E-state index < -0.39 is 0 Å². The summed E-state index contributed by atoms with van der Waals surface area (Å²) in [5, 5.41) is 3.40. The van der Waals surface area contributed by atoms with Crippen LogP contribution in [-0.2, 0) is 6.42 Å². The molecule has 2 nitrogen and oxygen atoms in total. The van der Waals surface area contributed by atoms with E-state index in [-0.39, 0.29) is 18.2 Å². The second kappa shape index (κ2) is 4.75. The maximum Gasteiger partial charge on any atom is 0.129 e. The summed E-state index contributed by atoms with van der Waals surface area (Å²) < 4.78 is 14.7. The summed E-state index contributed by atoms with van der Waals surface area (Å²) in [4.78, 5) is 2.36. The molecule has 17 heavy (non-hydrogen) atoms. The average molecular weight is 322 g/mol. The Balaban J connectivity index is 0.00000108. The molecule has 2 atom stereocenters. The van der Waals surface area contributed by atoms with Gasteiger partial charge in [0.15, 0.2) is 0 Å². The fourth-order valence-corrected chi connectivity index (χ4v) is 3.30. The van der Waals surface area contributed by atoms with Crippen LogP contribution < -0.4 is 10.2 Å². The van der Waals surface area contributed by atoms with Crippen LogP contribution in [-0.4, -0.2) is 25.2 Å². The highest BCUT2D eigenvalue weighted by Gasteiger charge is 2.36. The lowest BCUT2D eigenvalue weighted by Crippen LogP contribution is -2.54. The SMILES string of the molecule is CC1CNC[C@H]2Cc3c(F)cc(Br)cc3N12.Cl. The molecule has 1 N–H and O–H groups in total. The van der Waals surface area contributed by atoms with Gasteiger partial charge in [-0.1, -0.05) is 15.9 Å². The van der Waals surface area contributed by atoms with E-state index in [2.05, 4.69) is 33.1 Å². The first-order chi connectivity index (χ1) is 7.66. The van der Waals surface area contributed by atoms with E-state index in [9.17, 15) is 4.39 Å². The van der Waals surface area contributed by atoms with Crippen LogP contribution in [0.3, 0.4) is 0 Å². The molecular formula is C12H15BrClFN2. The Labute approximate surface area is 115 Å². The largest absolute Gasteiger partial charge is 0.363 e. The Hall–Kier alpha value is -0.320. The van der Waals surface area contributed by atoms with E-state index in [1.165, 1.54) is 0 Å². The van der Waals surface area contributed by atoms with Crippen LogP contribution in [0.25, 0.3) is 0 Å². The molecule has 0 aliphatic carbocycles. The number of rotatable bonds is 0. The number of hydrogen-bond donors (Lipinski definition) is 1. The molecule has 1 aromatic carbocycles. The summed E-state index contributed by atoms with van der Waals surface area (Å²) in [7, 11) is 0. The number of hydrogen-bond acceptors (Lipinski definition) is 2. The van der Waals surface area contributed by atoms with Crippen LogP contribution in [0.5, 0.6) is 0 Å². The lowest BCUT2D eigenvalue weighted by molar-refractivity contribution is 0.429. The molecule has 2 heterocycles. The molecule has 1 aromatic rings. The minimum atomic E-state index is -0.0778. The summed E-state index contributed by atoms with van der Waals surface area (Å²) in [6.07, 6.45) is 0.825. The molecule has 1 saturated heterocycles. The summed E-state index contributed by atoms with van der Waals surface area (Å²) in [5.74, 6) is -0.0778. The standard InChI is InChI=1S/C12H14BrFN2.ClH/c1-7-5-15-6-9-4-10-11(14)2-8(13)3-12(10)16(7)9;/h2-3,7,9,15H,4-6H2,1H3;1H/t7?,9-;/m1./s1. The number of halogens is 3. The van der Waals surface area contributed by atoms with Gasteiger partial charge in [0.1, 0.15) is 5.82 Å². The van der Waals surface area contributed by atoms with Crippen molar-refractivity contribution in [1.29, 1.82) is 0 Å². The highest BCUT2D eigenvalue weighted by atomic mass is 79.9. The van der Waals surface area contributed by atoms with Crippen LogP contribution in [0, 0.1) is 5.82 Å². The van der Waals surface area contributed by atoms with Crippen LogP contribution >= 0.6 is 28.3 Å². The first-order valence-electron chi connectivity index (χ1n) is 5.64. The van der Waals surface area contributed by atoms with Crippen molar-refractivity contribution in [3.63, 3.8) is 0 Å².